The van der Waals surface area contributed by atoms with Crippen LogP contribution in [0.25, 0.3) is 22.2 Å². The van der Waals surface area contributed by atoms with Crippen LogP contribution in [0.3, 0.4) is 0 Å². The lowest BCUT2D eigenvalue weighted by Crippen LogP contribution is -2.29. The number of nitrogens with one attached hydrogen (secondary N) is 2. The van der Waals surface area contributed by atoms with Crippen molar-refractivity contribution in [1.82, 2.24) is 14.3 Å². The average Bonchev–Trinajstić information content (AvgIpc) is 3.06. The number of hydrogen-bond acceptors (Lipinski definition) is 5. The predicted molar refractivity (Wildman–Crippen MR) is 103 cm³/mol. The normalized spacial score (nSPS) is 10.4. The van der Waals surface area contributed by atoms with Gasteiger partial charge in [0.2, 0.25) is 0 Å². The summed E-state index contributed by atoms with van der Waals surface area (Å²) in [5.41, 5.74) is 1.96. The fraction of sp³-hybridized carbons (Fsp3) is 0.167. The van der Waals surface area contributed by atoms with Gasteiger partial charge in [0, 0.05) is 29.3 Å². The van der Waals surface area contributed by atoms with Crippen molar-refractivity contribution in [3.05, 3.63) is 42.6 Å². The van der Waals surface area contributed by atoms with Crippen LogP contribution in [0.2, 0.25) is 0 Å². The van der Waals surface area contributed by atoms with E-state index in [1.54, 1.807) is 25.4 Å². The summed E-state index contributed by atoms with van der Waals surface area (Å²) in [6.45, 7) is 0.235. The Morgan fingerprint density at radius 2 is 2.15 bits per heavy atom. The van der Waals surface area contributed by atoms with Crippen LogP contribution in [-0.4, -0.2) is 28.6 Å². The zero-order valence-corrected chi connectivity index (χ0v) is 15.2. The summed E-state index contributed by atoms with van der Waals surface area (Å²) < 4.78 is 20.1. The summed E-state index contributed by atoms with van der Waals surface area (Å²) in [6.07, 6.45) is 1.85. The Morgan fingerprint density at radius 1 is 1.33 bits per heavy atom. The number of nitriles is 1. The molecule has 0 unspecified atom stereocenters. The molecule has 0 aliphatic carbocycles. The predicted octanol–water partition coefficient (Wildman–Crippen LogP) is 4.13. The molecule has 0 aliphatic rings. The van der Waals surface area contributed by atoms with Gasteiger partial charge in [0.25, 0.3) is 0 Å². The number of para-hydroxylation sites is 1. The first-order chi connectivity index (χ1) is 13.2. The molecule has 2 N–H and O–H groups in total. The molecular formula is C18H16FN5O2S. The molecule has 0 atom stereocenters. The quantitative estimate of drug-likeness (QED) is 0.623. The molecule has 7 nitrogen and oxygen atoms in total. The van der Waals surface area contributed by atoms with Gasteiger partial charge in [0.1, 0.15) is 11.6 Å². The van der Waals surface area contributed by atoms with Crippen LogP contribution in [0.15, 0.2) is 42.6 Å². The van der Waals surface area contributed by atoms with Crippen molar-refractivity contribution in [3.8, 4) is 22.9 Å². The van der Waals surface area contributed by atoms with Crippen molar-refractivity contribution in [1.29, 1.82) is 5.26 Å². The molecule has 3 aromatic rings. The molecular weight excluding hydrogens is 369 g/mol. The molecule has 0 saturated heterocycles. The molecule has 138 valence electrons. The molecule has 0 aliphatic heterocycles. The number of urea groups is 1. The highest BCUT2D eigenvalue weighted by Crippen LogP contribution is 2.37. The fourth-order valence-electron chi connectivity index (χ4n) is 2.67. The number of pyridine rings is 1. The topological polar surface area (TPSA) is 92.0 Å². The molecule has 9 heteroatoms. The van der Waals surface area contributed by atoms with Gasteiger partial charge < -0.3 is 10.1 Å². The first kappa shape index (κ1) is 18.5. The van der Waals surface area contributed by atoms with Gasteiger partial charge in [0.05, 0.1) is 19.6 Å². The van der Waals surface area contributed by atoms with Crippen LogP contribution >= 0.6 is 12.3 Å². The maximum atomic E-state index is 13.4. The Balaban J connectivity index is 1.96. The molecule has 3 rings (SSSR count). The highest BCUT2D eigenvalue weighted by atomic mass is 32.2. The smallest absolute Gasteiger partial charge is 0.320 e. The lowest BCUT2D eigenvalue weighted by atomic mass is 10.0. The highest BCUT2D eigenvalue weighted by Gasteiger charge is 2.16. The van der Waals surface area contributed by atoms with Crippen LogP contribution in [0.4, 0.5) is 14.5 Å². The number of methoxy groups -OCH3 is 1. The summed E-state index contributed by atoms with van der Waals surface area (Å²) in [6, 6.07) is 12.3. The molecule has 1 aromatic carbocycles. The second-order valence-corrected chi connectivity index (χ2v) is 6.03. The van der Waals surface area contributed by atoms with Gasteiger partial charge in [0.15, 0.2) is 18.0 Å². The average molecular weight is 385 g/mol. The second kappa shape index (κ2) is 8.42. The second-order valence-electron chi connectivity index (χ2n) is 5.49. The fourth-order valence-corrected chi connectivity index (χ4v) is 3.02. The number of carbonyl (C=O) groups excluding carboxylic acids is 1. The van der Waals surface area contributed by atoms with Crippen LogP contribution in [0, 0.1) is 11.3 Å². The Bertz CT molecular complexity index is 1010. The van der Waals surface area contributed by atoms with Crippen molar-refractivity contribution in [2.24, 2.45) is 0 Å². The van der Waals surface area contributed by atoms with E-state index in [0.29, 0.717) is 11.4 Å². The number of rotatable bonds is 6. The lowest BCUT2D eigenvalue weighted by Gasteiger charge is -2.08. The van der Waals surface area contributed by atoms with Crippen LogP contribution < -0.4 is 15.4 Å². The maximum Gasteiger partial charge on any atom is 0.320 e. The molecule has 27 heavy (non-hydrogen) atoms. The third-order valence-corrected chi connectivity index (χ3v) is 4.28. The standard InChI is InChI=1S/C18H16FN5O2S/c1-26-15-6-3-2-5-12(15)14-11-24(27-19)17-13(14)7-8-16(22-17)23-18(25)21-10-4-9-20/h2-3,5-8,11H,4,10H2,1H3,(H2,21,22,23,25). The molecule has 2 heterocycles. The largest absolute Gasteiger partial charge is 0.496 e. The van der Waals surface area contributed by atoms with Gasteiger partial charge in [-0.1, -0.05) is 18.2 Å². The molecule has 2 amide bonds. The number of aromatic nitrogens is 2. The third-order valence-electron chi connectivity index (χ3n) is 3.86. The van der Waals surface area contributed by atoms with E-state index in [1.807, 2.05) is 30.3 Å². The van der Waals surface area contributed by atoms with Gasteiger partial charge >= 0.3 is 6.03 Å². The first-order valence-corrected chi connectivity index (χ1v) is 8.71. The lowest BCUT2D eigenvalue weighted by molar-refractivity contribution is 0.252. The van der Waals surface area contributed by atoms with Crippen LogP contribution in [0.1, 0.15) is 6.42 Å². The summed E-state index contributed by atoms with van der Waals surface area (Å²) in [7, 11) is 1.58. The van der Waals surface area contributed by atoms with Crippen molar-refractivity contribution in [2.45, 2.75) is 6.42 Å². The zero-order valence-electron chi connectivity index (χ0n) is 14.4. The third kappa shape index (κ3) is 3.96. The number of amides is 2. The number of halogens is 1. The number of fused-ring (bicyclic) bond motifs is 1. The number of benzene rings is 1. The monoisotopic (exact) mass is 385 g/mol. The van der Waals surface area contributed by atoms with Gasteiger partial charge in [-0.3, -0.25) is 5.32 Å². The first-order valence-electron chi connectivity index (χ1n) is 8.04. The maximum absolute atomic E-state index is 13.4. The van der Waals surface area contributed by atoms with E-state index in [1.165, 1.54) is 3.97 Å². The van der Waals surface area contributed by atoms with Crippen molar-refractivity contribution < 1.29 is 13.4 Å². The summed E-state index contributed by atoms with van der Waals surface area (Å²) in [4.78, 5) is 16.2. The molecule has 0 radical (unpaired) electrons. The Kier molecular flexibility index (Phi) is 5.78. The number of ether oxygens (including phenoxy) is 1. The van der Waals surface area contributed by atoms with E-state index < -0.39 is 6.03 Å². The van der Waals surface area contributed by atoms with Crippen molar-refractivity contribution in [2.75, 3.05) is 19.0 Å². The minimum absolute atomic E-state index is 0.0207. The van der Waals surface area contributed by atoms with Gasteiger partial charge in [-0.05, 0) is 18.2 Å². The molecule has 0 saturated carbocycles. The van der Waals surface area contributed by atoms with E-state index >= 15 is 0 Å². The van der Waals surface area contributed by atoms with Crippen molar-refractivity contribution >= 4 is 35.2 Å². The summed E-state index contributed by atoms with van der Waals surface area (Å²) in [5, 5.41) is 14.3. The van der Waals surface area contributed by atoms with E-state index in [2.05, 4.69) is 15.6 Å². The molecule has 0 bridgehead atoms. The molecule has 2 aromatic heterocycles. The number of anilines is 1. The highest BCUT2D eigenvalue weighted by molar-refractivity contribution is 7.92. The van der Waals surface area contributed by atoms with E-state index in [-0.39, 0.29) is 31.1 Å². The number of nitrogens with zero attached hydrogens (tertiary/aromatic N) is 3. The van der Waals surface area contributed by atoms with Crippen LogP contribution in [-0.2, 0) is 0 Å². The van der Waals surface area contributed by atoms with Gasteiger partial charge in [-0.15, -0.1) is 3.89 Å². The minimum Gasteiger partial charge on any atom is -0.496 e. The Labute approximate surface area is 159 Å². The molecule has 0 fully saturated rings. The van der Waals surface area contributed by atoms with E-state index in [4.69, 9.17) is 10.00 Å². The van der Waals surface area contributed by atoms with E-state index in [9.17, 15) is 8.68 Å². The number of hydrogen-bond donors (Lipinski definition) is 2. The Hall–Kier alpha value is -3.25. The Morgan fingerprint density at radius 3 is 2.89 bits per heavy atom. The summed E-state index contributed by atoms with van der Waals surface area (Å²) in [5.74, 6) is 0.941. The zero-order chi connectivity index (χ0) is 19.2. The van der Waals surface area contributed by atoms with Gasteiger partial charge in [-0.25, -0.2) is 13.8 Å². The summed E-state index contributed by atoms with van der Waals surface area (Å²) >= 11 is 0.0207. The SMILES string of the molecule is COc1ccccc1-c1cn(SF)c2nc(NC(=O)NCCC#N)ccc12. The minimum atomic E-state index is -0.479. The van der Waals surface area contributed by atoms with Crippen LogP contribution in [0.5, 0.6) is 5.75 Å². The number of carbonyl (C=O) groups is 1. The van der Waals surface area contributed by atoms with Gasteiger partial charge in [-0.2, -0.15) is 5.26 Å². The molecule has 0 spiro atoms. The van der Waals surface area contributed by atoms with E-state index in [0.717, 1.165) is 16.5 Å². The van der Waals surface area contributed by atoms with Crippen molar-refractivity contribution in [3.63, 3.8) is 0 Å².